The molecule has 0 aliphatic heterocycles. The standard InChI is InChI=1S/C6H4F3N5O/c7-6(8,9)5(15)12-4-2(1-10)3(11)13-14-4/h(H4,11,12,13,14,15). The summed E-state index contributed by atoms with van der Waals surface area (Å²) in [6.45, 7) is 0. The zero-order valence-electron chi connectivity index (χ0n) is 7.01. The smallest absolute Gasteiger partial charge is 0.383 e. The van der Waals surface area contributed by atoms with E-state index in [0.29, 0.717) is 0 Å². The molecular weight excluding hydrogens is 215 g/mol. The lowest BCUT2D eigenvalue weighted by atomic mass is 10.3. The largest absolute Gasteiger partial charge is 0.471 e. The van der Waals surface area contributed by atoms with E-state index in [0.717, 1.165) is 0 Å². The van der Waals surface area contributed by atoms with Crippen molar-refractivity contribution in [2.45, 2.75) is 6.18 Å². The van der Waals surface area contributed by atoms with Gasteiger partial charge >= 0.3 is 12.1 Å². The highest BCUT2D eigenvalue weighted by Crippen LogP contribution is 2.21. The van der Waals surface area contributed by atoms with Crippen LogP contribution in [0, 0.1) is 11.3 Å². The second-order valence-corrected chi connectivity index (χ2v) is 2.42. The second-order valence-electron chi connectivity index (χ2n) is 2.42. The molecule has 0 atom stereocenters. The predicted molar refractivity (Wildman–Crippen MR) is 42.4 cm³/mol. The fourth-order valence-electron chi connectivity index (χ4n) is 0.738. The van der Waals surface area contributed by atoms with Crippen molar-refractivity contribution in [1.82, 2.24) is 10.2 Å². The van der Waals surface area contributed by atoms with E-state index in [1.165, 1.54) is 11.4 Å². The Labute approximate surface area is 80.9 Å². The normalized spacial score (nSPS) is 10.8. The summed E-state index contributed by atoms with van der Waals surface area (Å²) in [5, 5.41) is 15.2. The molecule has 9 heteroatoms. The van der Waals surface area contributed by atoms with E-state index in [2.05, 4.69) is 10.2 Å². The van der Waals surface area contributed by atoms with Crippen LogP contribution < -0.4 is 11.1 Å². The fraction of sp³-hybridized carbons (Fsp3) is 0.167. The van der Waals surface area contributed by atoms with Gasteiger partial charge in [-0.25, -0.2) is 0 Å². The van der Waals surface area contributed by atoms with Crippen LogP contribution in [-0.4, -0.2) is 22.3 Å². The number of aromatic amines is 1. The second kappa shape index (κ2) is 3.49. The number of nitrogens with two attached hydrogens (primary N) is 1. The van der Waals surface area contributed by atoms with Crippen LogP contribution in [0.15, 0.2) is 0 Å². The number of nitrogens with zero attached hydrogens (tertiary/aromatic N) is 2. The average molecular weight is 219 g/mol. The average Bonchev–Trinajstić information content (AvgIpc) is 2.45. The Kier molecular flexibility index (Phi) is 2.52. The molecule has 15 heavy (non-hydrogen) atoms. The van der Waals surface area contributed by atoms with Gasteiger partial charge in [0.15, 0.2) is 5.82 Å². The Hall–Kier alpha value is -2.24. The molecule has 80 valence electrons. The van der Waals surface area contributed by atoms with E-state index < -0.39 is 17.9 Å². The molecule has 0 saturated heterocycles. The van der Waals surface area contributed by atoms with Gasteiger partial charge in [-0.05, 0) is 0 Å². The number of rotatable bonds is 1. The molecule has 0 radical (unpaired) electrons. The minimum Gasteiger partial charge on any atom is -0.383 e. The summed E-state index contributed by atoms with van der Waals surface area (Å²) in [7, 11) is 0. The maximum absolute atomic E-state index is 11.8. The molecule has 1 aromatic heterocycles. The van der Waals surface area contributed by atoms with Crippen molar-refractivity contribution in [3.05, 3.63) is 5.56 Å². The SMILES string of the molecule is N#Cc1c(NC(=O)C(F)(F)F)n[nH]c1N. The Morgan fingerprint density at radius 3 is 2.67 bits per heavy atom. The van der Waals surface area contributed by atoms with Crippen molar-refractivity contribution in [2.75, 3.05) is 11.1 Å². The molecule has 0 bridgehead atoms. The molecule has 0 aliphatic rings. The molecule has 0 unspecified atom stereocenters. The highest BCUT2D eigenvalue weighted by Gasteiger charge is 2.39. The maximum Gasteiger partial charge on any atom is 0.471 e. The topological polar surface area (TPSA) is 108 Å². The van der Waals surface area contributed by atoms with Crippen LogP contribution in [0.4, 0.5) is 24.8 Å². The first-order chi connectivity index (χ1) is 6.86. The summed E-state index contributed by atoms with van der Waals surface area (Å²) in [6, 6.07) is 1.50. The number of amides is 1. The van der Waals surface area contributed by atoms with Crippen molar-refractivity contribution < 1.29 is 18.0 Å². The van der Waals surface area contributed by atoms with Gasteiger partial charge in [0.1, 0.15) is 17.5 Å². The Morgan fingerprint density at radius 1 is 1.60 bits per heavy atom. The number of halogens is 3. The first-order valence-electron chi connectivity index (χ1n) is 3.48. The molecule has 0 aromatic carbocycles. The Bertz CT molecular complexity index is 429. The van der Waals surface area contributed by atoms with Gasteiger partial charge in [0.05, 0.1) is 0 Å². The number of hydrogen-bond donors (Lipinski definition) is 3. The number of aromatic nitrogens is 2. The van der Waals surface area contributed by atoms with E-state index >= 15 is 0 Å². The van der Waals surface area contributed by atoms with Gasteiger partial charge in [-0.1, -0.05) is 0 Å². The Morgan fingerprint density at radius 2 is 2.20 bits per heavy atom. The number of anilines is 2. The molecule has 1 aromatic rings. The monoisotopic (exact) mass is 219 g/mol. The summed E-state index contributed by atoms with van der Waals surface area (Å²) in [5.74, 6) is -2.97. The number of nitrogens with one attached hydrogen (secondary N) is 2. The molecule has 0 aliphatic carbocycles. The van der Waals surface area contributed by atoms with E-state index in [-0.39, 0.29) is 11.4 Å². The van der Waals surface area contributed by atoms with E-state index in [1.54, 1.807) is 0 Å². The number of H-pyrrole nitrogens is 1. The van der Waals surface area contributed by atoms with Gasteiger partial charge in [0.2, 0.25) is 0 Å². The maximum atomic E-state index is 11.8. The number of hydrogen-bond acceptors (Lipinski definition) is 4. The molecule has 4 N–H and O–H groups in total. The van der Waals surface area contributed by atoms with Crippen LogP contribution in [-0.2, 0) is 4.79 Å². The summed E-state index contributed by atoms with van der Waals surface area (Å²) in [5.41, 5.74) is 4.82. The zero-order valence-corrected chi connectivity index (χ0v) is 7.01. The van der Waals surface area contributed by atoms with Crippen LogP contribution in [0.1, 0.15) is 5.56 Å². The number of alkyl halides is 3. The molecule has 0 spiro atoms. The quantitative estimate of drug-likeness (QED) is 0.633. The van der Waals surface area contributed by atoms with Crippen molar-refractivity contribution in [3.63, 3.8) is 0 Å². The molecule has 6 nitrogen and oxygen atoms in total. The van der Waals surface area contributed by atoms with Crippen LogP contribution in [0.25, 0.3) is 0 Å². The van der Waals surface area contributed by atoms with Crippen molar-refractivity contribution in [1.29, 1.82) is 5.26 Å². The van der Waals surface area contributed by atoms with Crippen molar-refractivity contribution in [3.8, 4) is 6.07 Å². The predicted octanol–water partition coefficient (Wildman–Crippen LogP) is 0.364. The third-order valence-electron chi connectivity index (χ3n) is 1.40. The van der Waals surface area contributed by atoms with E-state index in [4.69, 9.17) is 11.0 Å². The molecular formula is C6H4F3N5O. The minimum atomic E-state index is -5.04. The van der Waals surface area contributed by atoms with Gasteiger partial charge < -0.3 is 11.1 Å². The van der Waals surface area contributed by atoms with Crippen molar-refractivity contribution >= 4 is 17.5 Å². The molecule has 0 fully saturated rings. The highest BCUT2D eigenvalue weighted by atomic mass is 19.4. The number of nitrogen functional groups attached to an aromatic ring is 1. The van der Waals surface area contributed by atoms with Gasteiger partial charge in [-0.15, -0.1) is 0 Å². The van der Waals surface area contributed by atoms with E-state index in [1.807, 2.05) is 0 Å². The lowest BCUT2D eigenvalue weighted by Crippen LogP contribution is -2.30. The first kappa shape index (κ1) is 10.8. The first-order valence-corrected chi connectivity index (χ1v) is 3.48. The highest BCUT2D eigenvalue weighted by molar-refractivity contribution is 5.95. The number of carbonyl (C=O) groups is 1. The molecule has 1 amide bonds. The van der Waals surface area contributed by atoms with Crippen LogP contribution in [0.5, 0.6) is 0 Å². The molecule has 1 heterocycles. The summed E-state index contributed by atoms with van der Waals surface area (Å²) in [4.78, 5) is 10.5. The lowest BCUT2D eigenvalue weighted by molar-refractivity contribution is -0.167. The van der Waals surface area contributed by atoms with Crippen LogP contribution >= 0.6 is 0 Å². The molecule has 1 rings (SSSR count). The van der Waals surface area contributed by atoms with Gasteiger partial charge in [-0.2, -0.15) is 23.5 Å². The summed E-state index contributed by atoms with van der Waals surface area (Å²) < 4.78 is 35.4. The Balaban J connectivity index is 2.92. The van der Waals surface area contributed by atoms with Crippen LogP contribution in [0.2, 0.25) is 0 Å². The fourth-order valence-corrected chi connectivity index (χ4v) is 0.738. The van der Waals surface area contributed by atoms with Gasteiger partial charge in [-0.3, -0.25) is 9.89 Å². The zero-order chi connectivity index (χ0) is 11.6. The number of nitriles is 1. The lowest BCUT2D eigenvalue weighted by Gasteiger charge is -2.04. The van der Waals surface area contributed by atoms with Crippen LogP contribution in [0.3, 0.4) is 0 Å². The number of carbonyl (C=O) groups excluding carboxylic acids is 1. The third kappa shape index (κ3) is 2.16. The van der Waals surface area contributed by atoms with Crippen molar-refractivity contribution in [2.24, 2.45) is 0 Å². The van der Waals surface area contributed by atoms with Gasteiger partial charge in [0.25, 0.3) is 0 Å². The minimum absolute atomic E-state index is 0.213. The van der Waals surface area contributed by atoms with E-state index in [9.17, 15) is 18.0 Å². The third-order valence-corrected chi connectivity index (χ3v) is 1.40. The summed E-state index contributed by atoms with van der Waals surface area (Å²) in [6.07, 6.45) is -5.04. The van der Waals surface area contributed by atoms with Gasteiger partial charge in [0, 0.05) is 0 Å². The molecule has 0 saturated carbocycles. The summed E-state index contributed by atoms with van der Waals surface area (Å²) >= 11 is 0.